The number of amides is 1. The van der Waals surface area contributed by atoms with Crippen molar-refractivity contribution in [2.75, 3.05) is 13.2 Å². The molecule has 2 rings (SSSR count). The van der Waals surface area contributed by atoms with Crippen LogP contribution in [0.25, 0.3) is 0 Å². The molecule has 1 saturated heterocycles. The summed E-state index contributed by atoms with van der Waals surface area (Å²) >= 11 is 0. The fourth-order valence-corrected chi connectivity index (χ4v) is 3.22. The van der Waals surface area contributed by atoms with Crippen molar-refractivity contribution in [2.45, 2.75) is 64.5 Å². The van der Waals surface area contributed by atoms with E-state index in [-0.39, 0.29) is 5.92 Å². The van der Waals surface area contributed by atoms with Gasteiger partial charge in [0.05, 0.1) is 6.61 Å². The number of aromatic nitrogens is 1. The molecule has 0 bridgehead atoms. The number of rotatable bonds is 4. The minimum absolute atomic E-state index is 0.182. The Morgan fingerprint density at radius 3 is 2.68 bits per heavy atom. The van der Waals surface area contributed by atoms with Gasteiger partial charge in [-0.1, -0.05) is 13.0 Å². The average molecular weight is 348 g/mol. The maximum absolute atomic E-state index is 12.9. The summed E-state index contributed by atoms with van der Waals surface area (Å²) in [6, 6.07) is 3.77. The number of esters is 1. The molecule has 1 aromatic rings. The third-order valence-corrected chi connectivity index (χ3v) is 4.43. The van der Waals surface area contributed by atoms with Gasteiger partial charge in [-0.15, -0.1) is 0 Å². The van der Waals surface area contributed by atoms with Gasteiger partial charge in [0.1, 0.15) is 11.1 Å². The van der Waals surface area contributed by atoms with Gasteiger partial charge in [0.25, 0.3) is 0 Å². The second-order valence-electron chi connectivity index (χ2n) is 7.54. The monoisotopic (exact) mass is 348 g/mol. The van der Waals surface area contributed by atoms with E-state index in [1.54, 1.807) is 19.3 Å². The molecule has 25 heavy (non-hydrogen) atoms. The second kappa shape index (κ2) is 7.42. The van der Waals surface area contributed by atoms with Crippen LogP contribution in [0, 0.1) is 0 Å². The first-order chi connectivity index (χ1) is 11.7. The lowest BCUT2D eigenvalue weighted by atomic mass is 9.82. The predicted molar refractivity (Wildman–Crippen MR) is 94.2 cm³/mol. The molecule has 0 radical (unpaired) electrons. The summed E-state index contributed by atoms with van der Waals surface area (Å²) in [6.07, 6.45) is 4.33. The van der Waals surface area contributed by atoms with E-state index >= 15 is 0 Å². The molecule has 0 saturated carbocycles. The van der Waals surface area contributed by atoms with Crippen molar-refractivity contribution in [3.05, 3.63) is 30.1 Å². The van der Waals surface area contributed by atoms with E-state index in [0.717, 1.165) is 12.0 Å². The van der Waals surface area contributed by atoms with Crippen molar-refractivity contribution >= 4 is 12.1 Å². The van der Waals surface area contributed by atoms with Crippen LogP contribution in [0.4, 0.5) is 4.79 Å². The molecule has 0 N–H and O–H groups in total. The number of hydrogen-bond donors (Lipinski definition) is 0. The Hall–Kier alpha value is -2.11. The molecule has 2 heterocycles. The minimum Gasteiger partial charge on any atom is -0.464 e. The molecule has 1 aliphatic rings. The molecular formula is C19H28N2O4. The van der Waals surface area contributed by atoms with Crippen LogP contribution in [-0.2, 0) is 14.3 Å². The zero-order chi connectivity index (χ0) is 18.7. The molecule has 1 unspecified atom stereocenters. The van der Waals surface area contributed by atoms with Gasteiger partial charge in [0.15, 0.2) is 0 Å². The van der Waals surface area contributed by atoms with Crippen molar-refractivity contribution < 1.29 is 19.1 Å². The van der Waals surface area contributed by atoms with Crippen molar-refractivity contribution in [3.63, 3.8) is 0 Å². The second-order valence-corrected chi connectivity index (χ2v) is 7.54. The van der Waals surface area contributed by atoms with Crippen LogP contribution < -0.4 is 0 Å². The number of nitrogens with zero attached hydrogens (tertiary/aromatic N) is 2. The highest BCUT2D eigenvalue weighted by atomic mass is 16.6. The van der Waals surface area contributed by atoms with Crippen molar-refractivity contribution in [1.82, 2.24) is 9.88 Å². The van der Waals surface area contributed by atoms with Gasteiger partial charge in [-0.05, 0) is 52.2 Å². The zero-order valence-electron chi connectivity index (χ0n) is 15.7. The topological polar surface area (TPSA) is 68.7 Å². The van der Waals surface area contributed by atoms with Crippen molar-refractivity contribution in [1.29, 1.82) is 0 Å². The van der Waals surface area contributed by atoms with Gasteiger partial charge >= 0.3 is 12.1 Å². The van der Waals surface area contributed by atoms with E-state index in [2.05, 4.69) is 4.98 Å². The van der Waals surface area contributed by atoms with E-state index in [1.165, 1.54) is 4.90 Å². The lowest BCUT2D eigenvalue weighted by Gasteiger charge is -2.37. The molecule has 1 amide bonds. The number of carbonyl (C=O) groups is 2. The highest BCUT2D eigenvalue weighted by molar-refractivity contribution is 5.87. The normalized spacial score (nSPS) is 23.4. The first-order valence-electron chi connectivity index (χ1n) is 8.78. The standard InChI is InChI=1S/C19H28N2O4/c1-6-12-24-16(22)19(5)15(14-8-7-10-20-13-14)9-11-21(19)17(23)25-18(2,3)4/h7-8,10,13,15H,6,9,11-12H2,1-5H3/t15?,19-/m0/s1. The molecular weight excluding hydrogens is 320 g/mol. The van der Waals surface area contributed by atoms with Crippen LogP contribution in [-0.4, -0.2) is 46.2 Å². The smallest absolute Gasteiger partial charge is 0.411 e. The molecule has 1 aliphatic heterocycles. The molecule has 6 nitrogen and oxygen atoms in total. The summed E-state index contributed by atoms with van der Waals surface area (Å²) in [5, 5.41) is 0. The summed E-state index contributed by atoms with van der Waals surface area (Å²) in [5.41, 5.74) is -0.817. The van der Waals surface area contributed by atoms with Gasteiger partial charge in [0, 0.05) is 24.9 Å². The first-order valence-corrected chi connectivity index (χ1v) is 8.78. The molecule has 1 fully saturated rings. The molecule has 0 aliphatic carbocycles. The van der Waals surface area contributed by atoms with Crippen LogP contribution >= 0.6 is 0 Å². The number of pyridine rings is 1. The number of carbonyl (C=O) groups excluding carboxylic acids is 2. The van der Waals surface area contributed by atoms with Gasteiger partial charge in [-0.3, -0.25) is 9.88 Å². The Labute approximate surface area is 149 Å². The molecule has 138 valence electrons. The third kappa shape index (κ3) is 4.11. The molecule has 1 aromatic heterocycles. The molecule has 2 atom stereocenters. The number of hydrogen-bond acceptors (Lipinski definition) is 5. The van der Waals surface area contributed by atoms with E-state index < -0.39 is 23.2 Å². The van der Waals surface area contributed by atoms with Gasteiger partial charge in [-0.2, -0.15) is 0 Å². The summed E-state index contributed by atoms with van der Waals surface area (Å²) in [6.45, 7) is 9.90. The Morgan fingerprint density at radius 2 is 2.12 bits per heavy atom. The Morgan fingerprint density at radius 1 is 1.40 bits per heavy atom. The van der Waals surface area contributed by atoms with Crippen LogP contribution in [0.15, 0.2) is 24.5 Å². The van der Waals surface area contributed by atoms with Crippen molar-refractivity contribution in [3.8, 4) is 0 Å². The summed E-state index contributed by atoms with van der Waals surface area (Å²) in [4.78, 5) is 31.3. The fraction of sp³-hybridized carbons (Fsp3) is 0.632. The van der Waals surface area contributed by atoms with E-state index in [1.807, 2.05) is 39.8 Å². The highest BCUT2D eigenvalue weighted by Gasteiger charge is 2.55. The van der Waals surface area contributed by atoms with Crippen molar-refractivity contribution in [2.24, 2.45) is 0 Å². The van der Waals surface area contributed by atoms with E-state index in [4.69, 9.17) is 9.47 Å². The maximum atomic E-state index is 12.9. The number of likely N-dealkylation sites (tertiary alicyclic amines) is 1. The zero-order valence-corrected chi connectivity index (χ0v) is 15.7. The summed E-state index contributed by atoms with van der Waals surface area (Å²) < 4.78 is 11.0. The van der Waals surface area contributed by atoms with Gasteiger partial charge < -0.3 is 9.47 Å². The average Bonchev–Trinajstić information content (AvgIpc) is 2.90. The van der Waals surface area contributed by atoms with Crippen LogP contribution in [0.3, 0.4) is 0 Å². The Balaban J connectivity index is 2.36. The SMILES string of the molecule is CCCOC(=O)[C@]1(C)C(c2cccnc2)CCN1C(=O)OC(C)(C)C. The molecule has 0 aromatic carbocycles. The van der Waals surface area contributed by atoms with Crippen LogP contribution in [0.2, 0.25) is 0 Å². The molecule has 0 spiro atoms. The summed E-state index contributed by atoms with van der Waals surface area (Å²) in [5.74, 6) is -0.579. The first kappa shape index (κ1) is 19.2. The Bertz CT molecular complexity index is 612. The quantitative estimate of drug-likeness (QED) is 0.779. The summed E-state index contributed by atoms with van der Waals surface area (Å²) in [7, 11) is 0. The highest BCUT2D eigenvalue weighted by Crippen LogP contribution is 2.43. The third-order valence-electron chi connectivity index (χ3n) is 4.43. The van der Waals surface area contributed by atoms with Crippen LogP contribution in [0.1, 0.15) is 58.9 Å². The lowest BCUT2D eigenvalue weighted by Crippen LogP contribution is -2.55. The molecule has 6 heteroatoms. The van der Waals surface area contributed by atoms with Gasteiger partial charge in [0.2, 0.25) is 0 Å². The van der Waals surface area contributed by atoms with Crippen LogP contribution in [0.5, 0.6) is 0 Å². The predicted octanol–water partition coefficient (Wildman–Crippen LogP) is 3.52. The van der Waals surface area contributed by atoms with E-state index in [9.17, 15) is 9.59 Å². The van der Waals surface area contributed by atoms with E-state index in [0.29, 0.717) is 19.6 Å². The largest absolute Gasteiger partial charge is 0.464 e. The lowest BCUT2D eigenvalue weighted by molar-refractivity contribution is -0.156. The number of ether oxygens (including phenoxy) is 2. The van der Waals surface area contributed by atoms with Gasteiger partial charge in [-0.25, -0.2) is 9.59 Å². The minimum atomic E-state index is -1.11. The Kier molecular flexibility index (Phi) is 5.70. The fourth-order valence-electron chi connectivity index (χ4n) is 3.22. The maximum Gasteiger partial charge on any atom is 0.411 e.